The van der Waals surface area contributed by atoms with Crippen LogP contribution in [0.5, 0.6) is 0 Å². The van der Waals surface area contributed by atoms with Gasteiger partial charge in [0.15, 0.2) is 0 Å². The Kier molecular flexibility index (Phi) is 3.27. The molecule has 2 unspecified atom stereocenters. The number of carbonyl (C=O) groups excluding carboxylic acids is 1. The first-order valence-corrected chi connectivity index (χ1v) is 5.88. The van der Waals surface area contributed by atoms with E-state index in [2.05, 4.69) is 4.98 Å². The number of carbonyl (C=O) groups is 2. The van der Waals surface area contributed by atoms with E-state index in [4.69, 9.17) is 5.11 Å². The quantitative estimate of drug-likeness (QED) is 0.842. The first-order chi connectivity index (χ1) is 8.50. The predicted molar refractivity (Wildman–Crippen MR) is 65.1 cm³/mol. The zero-order chi connectivity index (χ0) is 13.3. The summed E-state index contributed by atoms with van der Waals surface area (Å²) in [7, 11) is 1.74. The molecule has 1 aliphatic rings. The standard InChI is InChI=1S/C12H17N3O3/c1-8(11(16)17)6-15-7-10(14(2)12(15)18)9-3-4-13-5-9/h3-5,8,10,13H,6-7H2,1-2H3,(H,16,17). The Hall–Kier alpha value is -1.98. The van der Waals surface area contributed by atoms with Gasteiger partial charge in [-0.15, -0.1) is 0 Å². The van der Waals surface area contributed by atoms with Gasteiger partial charge < -0.3 is 19.9 Å². The van der Waals surface area contributed by atoms with Crippen LogP contribution in [0.3, 0.4) is 0 Å². The maximum Gasteiger partial charge on any atom is 0.320 e. The van der Waals surface area contributed by atoms with Crippen molar-refractivity contribution in [3.63, 3.8) is 0 Å². The number of likely N-dealkylation sites (N-methyl/N-ethyl adjacent to an activating group) is 1. The van der Waals surface area contributed by atoms with E-state index in [1.54, 1.807) is 23.8 Å². The Labute approximate surface area is 105 Å². The van der Waals surface area contributed by atoms with E-state index in [-0.39, 0.29) is 18.6 Å². The summed E-state index contributed by atoms with van der Waals surface area (Å²) in [6.07, 6.45) is 3.68. The van der Waals surface area contributed by atoms with Crippen molar-refractivity contribution in [2.45, 2.75) is 13.0 Å². The minimum Gasteiger partial charge on any atom is -0.481 e. The molecule has 1 fully saturated rings. The van der Waals surface area contributed by atoms with Gasteiger partial charge in [-0.2, -0.15) is 0 Å². The molecule has 0 saturated carbocycles. The summed E-state index contributed by atoms with van der Waals surface area (Å²) in [5.41, 5.74) is 1.04. The monoisotopic (exact) mass is 251 g/mol. The molecule has 1 aliphatic heterocycles. The van der Waals surface area contributed by atoms with Gasteiger partial charge >= 0.3 is 12.0 Å². The molecule has 0 bridgehead atoms. The number of carboxylic acids is 1. The number of amides is 2. The summed E-state index contributed by atoms with van der Waals surface area (Å²) in [4.78, 5) is 29.1. The van der Waals surface area contributed by atoms with Crippen LogP contribution in [-0.2, 0) is 4.79 Å². The molecule has 2 rings (SSSR count). The van der Waals surface area contributed by atoms with Crippen LogP contribution < -0.4 is 0 Å². The second kappa shape index (κ2) is 4.72. The third-order valence-corrected chi connectivity index (χ3v) is 3.36. The second-order valence-corrected chi connectivity index (χ2v) is 4.70. The Morgan fingerprint density at radius 3 is 2.94 bits per heavy atom. The number of carboxylic acid groups (broad SMARTS) is 1. The fraction of sp³-hybridized carbons (Fsp3) is 0.500. The van der Waals surface area contributed by atoms with Crippen LogP contribution in [0.2, 0.25) is 0 Å². The van der Waals surface area contributed by atoms with Gasteiger partial charge in [0.1, 0.15) is 0 Å². The molecule has 2 heterocycles. The fourth-order valence-corrected chi connectivity index (χ4v) is 2.20. The lowest BCUT2D eigenvalue weighted by molar-refractivity contribution is -0.141. The molecule has 98 valence electrons. The van der Waals surface area contributed by atoms with Crippen molar-refractivity contribution in [1.82, 2.24) is 14.8 Å². The average molecular weight is 251 g/mol. The third-order valence-electron chi connectivity index (χ3n) is 3.36. The number of aromatic nitrogens is 1. The topological polar surface area (TPSA) is 76.6 Å². The van der Waals surface area contributed by atoms with Crippen LogP contribution in [0.1, 0.15) is 18.5 Å². The maximum atomic E-state index is 12.0. The van der Waals surface area contributed by atoms with Crippen LogP contribution in [0.15, 0.2) is 18.5 Å². The summed E-state index contributed by atoms with van der Waals surface area (Å²) in [5.74, 6) is -1.43. The first-order valence-electron chi connectivity index (χ1n) is 5.88. The normalized spacial score (nSPS) is 21.4. The molecule has 1 aromatic heterocycles. The van der Waals surface area contributed by atoms with Crippen LogP contribution in [0.4, 0.5) is 4.79 Å². The Balaban J connectivity index is 2.08. The minimum absolute atomic E-state index is 0.00950. The Bertz CT molecular complexity index is 443. The lowest BCUT2D eigenvalue weighted by atomic mass is 10.1. The van der Waals surface area contributed by atoms with Crippen LogP contribution >= 0.6 is 0 Å². The molecule has 1 aromatic rings. The first kappa shape index (κ1) is 12.5. The predicted octanol–water partition coefficient (Wildman–Crippen LogP) is 1.14. The molecule has 1 saturated heterocycles. The summed E-state index contributed by atoms with van der Waals surface area (Å²) in [6.45, 7) is 2.39. The second-order valence-electron chi connectivity index (χ2n) is 4.70. The number of aliphatic carboxylic acids is 1. The van der Waals surface area contributed by atoms with Gasteiger partial charge in [-0.25, -0.2) is 4.79 Å². The van der Waals surface area contributed by atoms with Crippen LogP contribution in [0, 0.1) is 5.92 Å². The van der Waals surface area contributed by atoms with Gasteiger partial charge in [0.2, 0.25) is 0 Å². The summed E-state index contributed by atoms with van der Waals surface area (Å²) in [5, 5.41) is 8.89. The molecule has 6 nitrogen and oxygen atoms in total. The van der Waals surface area contributed by atoms with Crippen molar-refractivity contribution < 1.29 is 14.7 Å². The molecule has 2 amide bonds. The van der Waals surface area contributed by atoms with E-state index in [0.29, 0.717) is 6.54 Å². The molecule has 2 N–H and O–H groups in total. The number of hydrogen-bond donors (Lipinski definition) is 2. The number of urea groups is 1. The highest BCUT2D eigenvalue weighted by atomic mass is 16.4. The average Bonchev–Trinajstić information content (AvgIpc) is 2.92. The highest BCUT2D eigenvalue weighted by Crippen LogP contribution is 2.28. The van der Waals surface area contributed by atoms with Crippen molar-refractivity contribution in [3.05, 3.63) is 24.0 Å². The molecular formula is C12H17N3O3. The van der Waals surface area contributed by atoms with Crippen molar-refractivity contribution in [2.75, 3.05) is 20.1 Å². The van der Waals surface area contributed by atoms with E-state index < -0.39 is 11.9 Å². The summed E-state index contributed by atoms with van der Waals surface area (Å²) < 4.78 is 0. The van der Waals surface area contributed by atoms with E-state index in [0.717, 1.165) is 5.56 Å². The number of aromatic amines is 1. The molecular weight excluding hydrogens is 234 g/mol. The fourth-order valence-electron chi connectivity index (χ4n) is 2.20. The summed E-state index contributed by atoms with van der Waals surface area (Å²) >= 11 is 0. The zero-order valence-electron chi connectivity index (χ0n) is 10.5. The van der Waals surface area contributed by atoms with Gasteiger partial charge in [0.05, 0.1) is 12.0 Å². The third kappa shape index (κ3) is 2.18. The zero-order valence-corrected chi connectivity index (χ0v) is 10.5. The van der Waals surface area contributed by atoms with Gasteiger partial charge in [0, 0.05) is 32.5 Å². The number of hydrogen-bond acceptors (Lipinski definition) is 2. The number of nitrogens with one attached hydrogen (secondary N) is 1. The van der Waals surface area contributed by atoms with Crippen LogP contribution in [-0.4, -0.2) is 52.0 Å². The smallest absolute Gasteiger partial charge is 0.320 e. The van der Waals surface area contributed by atoms with Crippen molar-refractivity contribution in [1.29, 1.82) is 0 Å². The SMILES string of the molecule is CC(CN1CC(c2cc[nH]c2)N(C)C1=O)C(=O)O. The van der Waals surface area contributed by atoms with Crippen molar-refractivity contribution in [2.24, 2.45) is 5.92 Å². The van der Waals surface area contributed by atoms with Gasteiger partial charge in [-0.05, 0) is 11.6 Å². The van der Waals surface area contributed by atoms with Gasteiger partial charge in [-0.1, -0.05) is 6.92 Å². The Morgan fingerprint density at radius 2 is 2.39 bits per heavy atom. The molecule has 18 heavy (non-hydrogen) atoms. The number of H-pyrrole nitrogens is 1. The largest absolute Gasteiger partial charge is 0.481 e. The van der Waals surface area contributed by atoms with E-state index in [9.17, 15) is 9.59 Å². The maximum absolute atomic E-state index is 12.0. The minimum atomic E-state index is -0.879. The number of rotatable bonds is 4. The molecule has 0 aromatic carbocycles. The molecule has 0 aliphatic carbocycles. The van der Waals surface area contributed by atoms with E-state index in [1.807, 2.05) is 18.5 Å². The van der Waals surface area contributed by atoms with Gasteiger partial charge in [0.25, 0.3) is 0 Å². The van der Waals surface area contributed by atoms with Crippen molar-refractivity contribution >= 4 is 12.0 Å². The summed E-state index contributed by atoms with van der Waals surface area (Å²) in [6, 6.07) is 1.80. The molecule has 0 radical (unpaired) electrons. The molecule has 2 atom stereocenters. The highest BCUT2D eigenvalue weighted by molar-refractivity contribution is 5.78. The van der Waals surface area contributed by atoms with Crippen LogP contribution in [0.25, 0.3) is 0 Å². The van der Waals surface area contributed by atoms with Gasteiger partial charge in [-0.3, -0.25) is 4.79 Å². The van der Waals surface area contributed by atoms with E-state index >= 15 is 0 Å². The lowest BCUT2D eigenvalue weighted by Crippen LogP contribution is -2.35. The number of nitrogens with zero attached hydrogens (tertiary/aromatic N) is 2. The van der Waals surface area contributed by atoms with E-state index in [1.165, 1.54) is 0 Å². The molecule has 0 spiro atoms. The highest BCUT2D eigenvalue weighted by Gasteiger charge is 2.36. The molecule has 6 heteroatoms. The van der Waals surface area contributed by atoms with Crippen molar-refractivity contribution in [3.8, 4) is 0 Å². The lowest BCUT2D eigenvalue weighted by Gasteiger charge is -2.17. The Morgan fingerprint density at radius 1 is 1.67 bits per heavy atom.